The number of carbonyl (C=O) groups is 1. The lowest BCUT2D eigenvalue weighted by Gasteiger charge is -2.24. The highest BCUT2D eigenvalue weighted by Gasteiger charge is 2.24. The predicted molar refractivity (Wildman–Crippen MR) is 113 cm³/mol. The smallest absolute Gasteiger partial charge is 0.277 e. The maximum absolute atomic E-state index is 12.9. The van der Waals surface area contributed by atoms with Crippen LogP contribution in [0.15, 0.2) is 30.6 Å². The summed E-state index contributed by atoms with van der Waals surface area (Å²) < 4.78 is 1.73. The predicted octanol–water partition coefficient (Wildman–Crippen LogP) is 2.12. The number of aliphatic hydroxyl groups excluding tert-OH is 1. The van der Waals surface area contributed by atoms with Crippen LogP contribution in [0.5, 0.6) is 0 Å². The number of anilines is 3. The number of amides is 1. The number of rotatable bonds is 4. The molecular weight excluding hydrogens is 390 g/mol. The number of aromatic nitrogens is 4. The summed E-state index contributed by atoms with van der Waals surface area (Å²) in [5.74, 6) is 0.427. The minimum atomic E-state index is -0.384. The molecule has 1 aliphatic heterocycles. The monoisotopic (exact) mass is 413 g/mol. The minimum absolute atomic E-state index is 0.178. The molecule has 4 rings (SSSR count). The second-order valence-corrected chi connectivity index (χ2v) is 8.01. The number of nitrogens with two attached hydrogens (primary N) is 1. The van der Waals surface area contributed by atoms with Crippen molar-refractivity contribution in [3.63, 3.8) is 0 Å². The van der Waals surface area contributed by atoms with E-state index in [4.69, 9.17) is 5.73 Å². The molecule has 1 saturated heterocycles. The van der Waals surface area contributed by atoms with Crippen LogP contribution < -0.4 is 16.0 Å². The molecule has 29 heavy (non-hydrogen) atoms. The Bertz CT molecular complexity index is 1000. The number of aryl methyl sites for hydroxylation is 1. The van der Waals surface area contributed by atoms with Gasteiger partial charge < -0.3 is 21.1 Å². The summed E-state index contributed by atoms with van der Waals surface area (Å²) in [6.07, 6.45) is 5.36. The number of carbonyl (C=O) groups excluding carboxylic acids is 1. The molecule has 0 saturated carbocycles. The van der Waals surface area contributed by atoms with E-state index in [1.54, 1.807) is 17.1 Å². The molecule has 152 valence electrons. The van der Waals surface area contributed by atoms with Gasteiger partial charge in [0, 0.05) is 26.3 Å². The number of nitrogen functional groups attached to an aromatic ring is 1. The fourth-order valence-electron chi connectivity index (χ4n) is 3.46. The summed E-state index contributed by atoms with van der Waals surface area (Å²) in [4.78, 5) is 23.7. The first-order chi connectivity index (χ1) is 14.0. The van der Waals surface area contributed by atoms with Crippen molar-refractivity contribution in [2.75, 3.05) is 29.0 Å². The maximum Gasteiger partial charge on any atom is 0.277 e. The van der Waals surface area contributed by atoms with E-state index in [0.717, 1.165) is 25.2 Å². The van der Waals surface area contributed by atoms with Crippen LogP contribution in [0.1, 0.15) is 29.8 Å². The Hall–Kier alpha value is -2.98. The van der Waals surface area contributed by atoms with Crippen molar-refractivity contribution in [1.82, 2.24) is 19.7 Å². The lowest BCUT2D eigenvalue weighted by molar-refractivity contribution is 0.102. The molecule has 3 aromatic rings. The first-order valence-electron chi connectivity index (χ1n) is 9.47. The average Bonchev–Trinajstić information content (AvgIpc) is 3.20. The molecule has 0 spiro atoms. The molecular formula is C19H23N7O2S. The van der Waals surface area contributed by atoms with Crippen molar-refractivity contribution in [3.05, 3.63) is 36.3 Å². The van der Waals surface area contributed by atoms with Gasteiger partial charge in [-0.05, 0) is 31.4 Å². The first-order valence-corrected chi connectivity index (χ1v) is 10.3. The Balaban J connectivity index is 1.56. The molecule has 1 atom stereocenters. The SMILES string of the molecule is Cn1ncc(NC(=O)c2nc(-c3ccccn3)sc2N)c1N1CCCC(O)CC1. The van der Waals surface area contributed by atoms with Crippen LogP contribution in [0.3, 0.4) is 0 Å². The van der Waals surface area contributed by atoms with Crippen LogP contribution in [0.25, 0.3) is 10.7 Å². The number of pyridine rings is 1. The molecule has 0 radical (unpaired) electrons. The summed E-state index contributed by atoms with van der Waals surface area (Å²) in [6, 6.07) is 5.51. The summed E-state index contributed by atoms with van der Waals surface area (Å²) in [6.45, 7) is 1.49. The standard InChI is InChI=1S/C19H23N7O2S/c1-25-19(26-9-4-5-12(27)7-10-26)14(11-22-25)23-17(28)15-16(20)29-18(24-15)13-6-2-3-8-21-13/h2-3,6,8,11-12,27H,4-5,7,9-10,20H2,1H3,(H,23,28). The van der Waals surface area contributed by atoms with Crippen LogP contribution in [-0.4, -0.2) is 50.0 Å². The highest BCUT2D eigenvalue weighted by molar-refractivity contribution is 7.19. The van der Waals surface area contributed by atoms with Gasteiger partial charge in [0.05, 0.1) is 18.0 Å². The molecule has 0 aliphatic carbocycles. The fraction of sp³-hybridized carbons (Fsp3) is 0.368. The Morgan fingerprint density at radius 1 is 1.34 bits per heavy atom. The lowest BCUT2D eigenvalue weighted by Crippen LogP contribution is -2.28. The zero-order chi connectivity index (χ0) is 20.4. The van der Waals surface area contributed by atoms with Crippen LogP contribution in [0, 0.1) is 0 Å². The van der Waals surface area contributed by atoms with E-state index in [0.29, 0.717) is 34.4 Å². The van der Waals surface area contributed by atoms with Gasteiger partial charge in [-0.25, -0.2) is 4.98 Å². The topological polar surface area (TPSA) is 122 Å². The van der Waals surface area contributed by atoms with E-state index in [-0.39, 0.29) is 17.7 Å². The summed E-state index contributed by atoms with van der Waals surface area (Å²) in [5, 5.41) is 18.1. The second-order valence-electron chi connectivity index (χ2n) is 6.98. The Morgan fingerprint density at radius 3 is 3.00 bits per heavy atom. The third-order valence-electron chi connectivity index (χ3n) is 4.91. The van der Waals surface area contributed by atoms with Gasteiger partial charge in [0.1, 0.15) is 15.7 Å². The van der Waals surface area contributed by atoms with Gasteiger partial charge in [-0.15, -0.1) is 0 Å². The van der Waals surface area contributed by atoms with Crippen LogP contribution >= 0.6 is 11.3 Å². The quantitative estimate of drug-likeness (QED) is 0.599. The third-order valence-corrected chi connectivity index (χ3v) is 5.81. The van der Waals surface area contributed by atoms with Crippen molar-refractivity contribution in [3.8, 4) is 10.7 Å². The number of hydrogen-bond acceptors (Lipinski definition) is 8. The van der Waals surface area contributed by atoms with Crippen molar-refractivity contribution in [2.24, 2.45) is 7.05 Å². The van der Waals surface area contributed by atoms with Gasteiger partial charge in [0.25, 0.3) is 5.91 Å². The number of aliphatic hydroxyl groups is 1. The van der Waals surface area contributed by atoms with Crippen molar-refractivity contribution < 1.29 is 9.90 Å². The van der Waals surface area contributed by atoms with Gasteiger partial charge in [-0.3, -0.25) is 14.5 Å². The van der Waals surface area contributed by atoms with E-state index in [1.807, 2.05) is 25.2 Å². The summed E-state index contributed by atoms with van der Waals surface area (Å²) in [7, 11) is 1.84. The van der Waals surface area contributed by atoms with Crippen molar-refractivity contribution >= 4 is 33.8 Å². The highest BCUT2D eigenvalue weighted by atomic mass is 32.1. The molecule has 9 nitrogen and oxygen atoms in total. The van der Waals surface area contributed by atoms with Gasteiger partial charge in [-0.1, -0.05) is 17.4 Å². The van der Waals surface area contributed by atoms with Crippen LogP contribution in [0.4, 0.5) is 16.5 Å². The molecule has 4 heterocycles. The van der Waals surface area contributed by atoms with Crippen molar-refractivity contribution in [2.45, 2.75) is 25.4 Å². The first kappa shape index (κ1) is 19.3. The molecule has 1 aliphatic rings. The third kappa shape index (κ3) is 4.08. The zero-order valence-corrected chi connectivity index (χ0v) is 16.9. The molecule has 4 N–H and O–H groups in total. The van der Waals surface area contributed by atoms with Gasteiger partial charge >= 0.3 is 0 Å². The van der Waals surface area contributed by atoms with E-state index >= 15 is 0 Å². The Labute approximate surface area is 172 Å². The van der Waals surface area contributed by atoms with Gasteiger partial charge in [0.15, 0.2) is 11.5 Å². The molecule has 1 unspecified atom stereocenters. The number of hydrogen-bond donors (Lipinski definition) is 3. The average molecular weight is 414 g/mol. The molecule has 10 heteroatoms. The maximum atomic E-state index is 12.9. The number of thiazole rings is 1. The van der Waals surface area contributed by atoms with E-state index < -0.39 is 0 Å². The molecule has 1 fully saturated rings. The van der Waals surface area contributed by atoms with Gasteiger partial charge in [0.2, 0.25) is 0 Å². The Kier molecular flexibility index (Phi) is 5.45. The largest absolute Gasteiger partial charge is 0.393 e. The molecule has 0 bridgehead atoms. The van der Waals surface area contributed by atoms with E-state index in [1.165, 1.54) is 11.3 Å². The lowest BCUT2D eigenvalue weighted by atomic mass is 10.2. The van der Waals surface area contributed by atoms with E-state index in [2.05, 4.69) is 25.3 Å². The number of nitrogens with one attached hydrogen (secondary N) is 1. The van der Waals surface area contributed by atoms with Crippen molar-refractivity contribution in [1.29, 1.82) is 0 Å². The minimum Gasteiger partial charge on any atom is -0.393 e. The fourth-order valence-corrected chi connectivity index (χ4v) is 4.27. The zero-order valence-electron chi connectivity index (χ0n) is 16.1. The molecule has 3 aromatic heterocycles. The summed E-state index contributed by atoms with van der Waals surface area (Å²) >= 11 is 1.23. The second kappa shape index (κ2) is 8.18. The number of nitrogens with zero attached hydrogens (tertiary/aromatic N) is 5. The van der Waals surface area contributed by atoms with E-state index in [9.17, 15) is 9.90 Å². The van der Waals surface area contributed by atoms with Crippen LogP contribution in [0.2, 0.25) is 0 Å². The highest BCUT2D eigenvalue weighted by Crippen LogP contribution is 2.31. The molecule has 1 amide bonds. The van der Waals surface area contributed by atoms with Crippen LogP contribution in [-0.2, 0) is 7.05 Å². The normalized spacial score (nSPS) is 17.2. The van der Waals surface area contributed by atoms with Gasteiger partial charge in [-0.2, -0.15) is 5.10 Å². The molecule has 0 aromatic carbocycles. The Morgan fingerprint density at radius 2 is 2.21 bits per heavy atom. The summed E-state index contributed by atoms with van der Waals surface area (Å²) in [5.41, 5.74) is 7.51.